The van der Waals surface area contributed by atoms with Crippen LogP contribution in [0.4, 0.5) is 5.69 Å². The fourth-order valence-electron chi connectivity index (χ4n) is 1.18. The summed E-state index contributed by atoms with van der Waals surface area (Å²) >= 11 is 4.82. The molecule has 84 valence electrons. The summed E-state index contributed by atoms with van der Waals surface area (Å²) in [7, 11) is 0. The summed E-state index contributed by atoms with van der Waals surface area (Å²) in [6.07, 6.45) is 3.39. The monoisotopic (exact) mass is 300 g/mol. The summed E-state index contributed by atoms with van der Waals surface area (Å²) in [4.78, 5) is 16.5. The van der Waals surface area contributed by atoms with Crippen LogP contribution in [0.5, 0.6) is 0 Å². The fourth-order valence-corrected chi connectivity index (χ4v) is 2.24. The Labute approximate surface area is 104 Å². The average Bonchev–Trinajstić information content (AvgIpc) is 2.67. The highest BCUT2D eigenvalue weighted by molar-refractivity contribution is 9.10. The molecule has 0 aromatic carbocycles. The molecule has 0 fully saturated rings. The van der Waals surface area contributed by atoms with Gasteiger partial charge in [0.25, 0.3) is 5.56 Å². The highest BCUT2D eigenvalue weighted by Gasteiger charge is 2.04. The lowest BCUT2D eigenvalue weighted by molar-refractivity contribution is 0.972. The number of nitrogens with zero attached hydrogens (tertiary/aromatic N) is 2. The third-order valence-corrected chi connectivity index (χ3v) is 3.62. The summed E-state index contributed by atoms with van der Waals surface area (Å²) in [6.45, 7) is 2.59. The van der Waals surface area contributed by atoms with E-state index in [9.17, 15) is 4.79 Å². The Morgan fingerprint density at radius 2 is 2.38 bits per heavy atom. The Bertz CT molecular complexity index is 550. The van der Waals surface area contributed by atoms with E-state index >= 15 is 0 Å². The molecular weight excluding hydrogens is 292 g/mol. The van der Waals surface area contributed by atoms with Crippen LogP contribution in [0.25, 0.3) is 0 Å². The highest BCUT2D eigenvalue weighted by atomic mass is 79.9. The molecule has 0 bridgehead atoms. The molecule has 2 N–H and O–H groups in total. The van der Waals surface area contributed by atoms with E-state index in [1.54, 1.807) is 17.5 Å². The summed E-state index contributed by atoms with van der Waals surface area (Å²) in [5, 5.41) is 10.2. The molecule has 2 rings (SSSR count). The molecule has 16 heavy (non-hydrogen) atoms. The van der Waals surface area contributed by atoms with Crippen LogP contribution in [0.2, 0.25) is 0 Å². The molecule has 5 nitrogen and oxygen atoms in total. The predicted molar refractivity (Wildman–Crippen MR) is 66.7 cm³/mol. The Balaban J connectivity index is 2.10. The van der Waals surface area contributed by atoms with Crippen molar-refractivity contribution in [2.24, 2.45) is 0 Å². The molecule has 7 heteroatoms. The topological polar surface area (TPSA) is 70.7 Å². The molecule has 0 saturated carbocycles. The maximum absolute atomic E-state index is 11.2. The maximum Gasteiger partial charge on any atom is 0.280 e. The van der Waals surface area contributed by atoms with Crippen LogP contribution in [0, 0.1) is 6.92 Å². The third-order valence-electron chi connectivity index (χ3n) is 1.92. The standard InChI is InChI=1S/C9H9BrN4OS/c1-5-11-2-6(16-5)3-12-7-4-13-14-9(15)8(7)10/h2,4H,3H2,1H3,(H2,12,14,15). The van der Waals surface area contributed by atoms with Gasteiger partial charge in [-0.25, -0.2) is 10.1 Å². The molecule has 2 aromatic heterocycles. The number of H-pyrrole nitrogens is 1. The number of halogens is 1. The van der Waals surface area contributed by atoms with Crippen molar-refractivity contribution in [3.8, 4) is 0 Å². The summed E-state index contributed by atoms with van der Waals surface area (Å²) in [6, 6.07) is 0. The number of aromatic nitrogens is 3. The average molecular weight is 301 g/mol. The first kappa shape index (κ1) is 11.3. The third kappa shape index (κ3) is 2.48. The molecule has 0 aliphatic rings. The van der Waals surface area contributed by atoms with E-state index in [1.165, 1.54) is 0 Å². The van der Waals surface area contributed by atoms with Crippen LogP contribution >= 0.6 is 27.3 Å². The minimum absolute atomic E-state index is 0.245. The summed E-state index contributed by atoms with van der Waals surface area (Å²) in [5.74, 6) is 0. The van der Waals surface area contributed by atoms with Crippen molar-refractivity contribution in [1.82, 2.24) is 15.2 Å². The van der Waals surface area contributed by atoms with Gasteiger partial charge in [0.05, 0.1) is 23.4 Å². The van der Waals surface area contributed by atoms with Crippen molar-refractivity contribution in [2.45, 2.75) is 13.5 Å². The van der Waals surface area contributed by atoms with Crippen molar-refractivity contribution < 1.29 is 0 Å². The molecule has 0 radical (unpaired) electrons. The molecule has 0 saturated heterocycles. The lowest BCUT2D eigenvalue weighted by atomic mass is 10.4. The van der Waals surface area contributed by atoms with E-state index in [0.717, 1.165) is 9.88 Å². The van der Waals surface area contributed by atoms with Gasteiger partial charge in [-0.15, -0.1) is 11.3 Å². The zero-order chi connectivity index (χ0) is 11.5. The van der Waals surface area contributed by atoms with Crippen molar-refractivity contribution in [1.29, 1.82) is 0 Å². The number of hydrogen-bond donors (Lipinski definition) is 2. The van der Waals surface area contributed by atoms with Gasteiger partial charge < -0.3 is 5.32 Å². The second-order valence-electron chi connectivity index (χ2n) is 3.13. The number of aromatic amines is 1. The number of nitrogens with one attached hydrogen (secondary N) is 2. The van der Waals surface area contributed by atoms with E-state index in [0.29, 0.717) is 16.7 Å². The Morgan fingerprint density at radius 3 is 3.06 bits per heavy atom. The molecule has 0 spiro atoms. The molecular formula is C9H9BrN4OS. The number of hydrogen-bond acceptors (Lipinski definition) is 5. The maximum atomic E-state index is 11.2. The predicted octanol–water partition coefficient (Wildman–Crippen LogP) is 1.91. The van der Waals surface area contributed by atoms with Crippen LogP contribution in [0.1, 0.15) is 9.88 Å². The molecule has 0 amide bonds. The summed E-state index contributed by atoms with van der Waals surface area (Å²) in [5.41, 5.74) is 0.431. The molecule has 0 atom stereocenters. The lowest BCUT2D eigenvalue weighted by Gasteiger charge is -2.04. The number of anilines is 1. The summed E-state index contributed by atoms with van der Waals surface area (Å²) < 4.78 is 0.462. The van der Waals surface area contributed by atoms with E-state index in [2.05, 4.69) is 36.4 Å². The van der Waals surface area contributed by atoms with E-state index in [4.69, 9.17) is 0 Å². The van der Waals surface area contributed by atoms with Gasteiger partial charge >= 0.3 is 0 Å². The quantitative estimate of drug-likeness (QED) is 0.908. The molecule has 2 heterocycles. The Morgan fingerprint density at radius 1 is 1.56 bits per heavy atom. The zero-order valence-corrected chi connectivity index (χ0v) is 10.9. The van der Waals surface area contributed by atoms with Gasteiger partial charge in [0.15, 0.2) is 0 Å². The van der Waals surface area contributed by atoms with Crippen molar-refractivity contribution in [3.05, 3.63) is 37.1 Å². The van der Waals surface area contributed by atoms with Gasteiger partial charge in [0, 0.05) is 11.1 Å². The van der Waals surface area contributed by atoms with E-state index < -0.39 is 0 Å². The normalized spacial score (nSPS) is 10.4. The van der Waals surface area contributed by atoms with Gasteiger partial charge in [-0.05, 0) is 22.9 Å². The van der Waals surface area contributed by atoms with Crippen LogP contribution in [0.3, 0.4) is 0 Å². The largest absolute Gasteiger partial charge is 0.378 e. The minimum Gasteiger partial charge on any atom is -0.378 e. The first-order chi connectivity index (χ1) is 7.66. The minimum atomic E-state index is -0.245. The van der Waals surface area contributed by atoms with Gasteiger partial charge in [0.1, 0.15) is 4.47 Å². The van der Waals surface area contributed by atoms with E-state index in [1.807, 2.05) is 13.1 Å². The number of thiazole rings is 1. The first-order valence-corrected chi connectivity index (χ1v) is 6.16. The first-order valence-electron chi connectivity index (χ1n) is 4.55. The van der Waals surface area contributed by atoms with Crippen LogP contribution < -0.4 is 10.9 Å². The second kappa shape index (κ2) is 4.75. The van der Waals surface area contributed by atoms with Crippen molar-refractivity contribution in [2.75, 3.05) is 5.32 Å². The van der Waals surface area contributed by atoms with Crippen LogP contribution in [0.15, 0.2) is 21.7 Å². The Kier molecular flexibility index (Phi) is 3.35. The smallest absolute Gasteiger partial charge is 0.280 e. The van der Waals surface area contributed by atoms with Gasteiger partial charge in [0.2, 0.25) is 0 Å². The SMILES string of the molecule is Cc1ncc(CNc2cn[nH]c(=O)c2Br)s1. The van der Waals surface area contributed by atoms with Gasteiger partial charge in [-0.2, -0.15) is 5.10 Å². The zero-order valence-electron chi connectivity index (χ0n) is 8.45. The highest BCUT2D eigenvalue weighted by Crippen LogP contribution is 2.18. The van der Waals surface area contributed by atoms with Crippen LogP contribution in [-0.4, -0.2) is 15.2 Å². The molecule has 0 aliphatic carbocycles. The number of aryl methyl sites for hydroxylation is 1. The fraction of sp³-hybridized carbons (Fsp3) is 0.222. The van der Waals surface area contributed by atoms with E-state index in [-0.39, 0.29) is 5.56 Å². The molecule has 2 aromatic rings. The van der Waals surface area contributed by atoms with Crippen LogP contribution in [-0.2, 0) is 6.54 Å². The van der Waals surface area contributed by atoms with Gasteiger partial charge in [-0.3, -0.25) is 4.79 Å². The molecule has 0 aliphatic heterocycles. The Hall–Kier alpha value is -1.21. The lowest BCUT2D eigenvalue weighted by Crippen LogP contribution is -2.11. The second-order valence-corrected chi connectivity index (χ2v) is 5.24. The van der Waals surface area contributed by atoms with Crippen molar-refractivity contribution in [3.63, 3.8) is 0 Å². The van der Waals surface area contributed by atoms with Gasteiger partial charge in [-0.1, -0.05) is 0 Å². The van der Waals surface area contributed by atoms with Crippen molar-refractivity contribution >= 4 is 33.0 Å². The molecule has 0 unspecified atom stereocenters. The number of rotatable bonds is 3.